The maximum Gasteiger partial charge on any atom is 0.281 e. The molecule has 2 rings (SSSR count). The van der Waals surface area contributed by atoms with Crippen LogP contribution < -0.4 is 0 Å². The number of nitrogens with zero attached hydrogens (tertiary/aromatic N) is 4. The number of hydrogen-bond donors (Lipinski definition) is 0. The average molecular weight is 346 g/mol. The molecule has 23 heavy (non-hydrogen) atoms. The predicted molar refractivity (Wildman–Crippen MR) is 90.2 cm³/mol. The first kappa shape index (κ1) is 18.6. The number of piperidine rings is 1. The van der Waals surface area contributed by atoms with Gasteiger partial charge in [0.05, 0.1) is 6.04 Å². The highest BCUT2D eigenvalue weighted by atomic mass is 32.2. The van der Waals surface area contributed by atoms with E-state index in [1.807, 2.05) is 25.7 Å². The lowest BCUT2D eigenvalue weighted by atomic mass is 10.0. The molecule has 7 nitrogen and oxygen atoms in total. The van der Waals surface area contributed by atoms with Gasteiger partial charge in [-0.05, 0) is 26.7 Å². The fourth-order valence-electron chi connectivity index (χ4n) is 3.34. The first-order valence-corrected chi connectivity index (χ1v) is 9.94. The van der Waals surface area contributed by atoms with Crippen LogP contribution in [-0.2, 0) is 15.0 Å². The number of likely N-dealkylation sites (tertiary alicyclic amines) is 1. The summed E-state index contributed by atoms with van der Waals surface area (Å²) in [6.45, 7) is 9.38. The van der Waals surface area contributed by atoms with E-state index < -0.39 is 10.2 Å². The summed E-state index contributed by atoms with van der Waals surface area (Å²) >= 11 is 0. The average Bonchev–Trinajstić information content (AvgIpc) is 2.54. The summed E-state index contributed by atoms with van der Waals surface area (Å²) in [5, 5.41) is 0. The van der Waals surface area contributed by atoms with E-state index in [4.69, 9.17) is 0 Å². The third-order valence-corrected chi connectivity index (χ3v) is 7.01. The molecular weight excluding hydrogens is 316 g/mol. The van der Waals surface area contributed by atoms with Crippen molar-refractivity contribution < 1.29 is 13.2 Å². The van der Waals surface area contributed by atoms with Gasteiger partial charge in [0, 0.05) is 52.4 Å². The number of carbonyl (C=O) groups excluding carboxylic acids is 1. The lowest BCUT2D eigenvalue weighted by Crippen LogP contribution is -2.60. The summed E-state index contributed by atoms with van der Waals surface area (Å²) in [5.41, 5.74) is 0. The van der Waals surface area contributed by atoms with Crippen LogP contribution in [0, 0.1) is 0 Å². The molecule has 0 saturated carbocycles. The van der Waals surface area contributed by atoms with E-state index in [2.05, 4.69) is 4.90 Å². The van der Waals surface area contributed by atoms with Gasteiger partial charge in [0.15, 0.2) is 0 Å². The maximum atomic E-state index is 12.6. The molecule has 0 aromatic rings. The largest absolute Gasteiger partial charge is 0.339 e. The van der Waals surface area contributed by atoms with Crippen LogP contribution in [0.3, 0.4) is 0 Å². The lowest BCUT2D eigenvalue weighted by Gasteiger charge is -2.43. The second-order valence-corrected chi connectivity index (χ2v) is 8.68. The van der Waals surface area contributed by atoms with Crippen LogP contribution in [-0.4, -0.2) is 91.1 Å². The smallest absolute Gasteiger partial charge is 0.281 e. The first-order chi connectivity index (χ1) is 10.8. The highest BCUT2D eigenvalue weighted by molar-refractivity contribution is 7.86. The molecule has 0 unspecified atom stereocenters. The normalized spacial score (nSPS) is 25.6. The summed E-state index contributed by atoms with van der Waals surface area (Å²) in [7, 11) is -1.76. The van der Waals surface area contributed by atoms with Gasteiger partial charge in [-0.3, -0.25) is 9.69 Å². The Morgan fingerprint density at radius 2 is 1.78 bits per heavy atom. The fraction of sp³-hybridized carbons (Fsp3) is 0.933. The van der Waals surface area contributed by atoms with Crippen LogP contribution in [0.1, 0.15) is 33.6 Å². The minimum atomic E-state index is -3.36. The summed E-state index contributed by atoms with van der Waals surface area (Å²) in [4.78, 5) is 16.8. The molecule has 8 heteroatoms. The fourth-order valence-corrected chi connectivity index (χ4v) is 4.68. The monoisotopic (exact) mass is 346 g/mol. The van der Waals surface area contributed by atoms with Crippen molar-refractivity contribution in [3.8, 4) is 0 Å². The van der Waals surface area contributed by atoms with E-state index in [0.29, 0.717) is 32.7 Å². The molecule has 2 aliphatic rings. The Balaban J connectivity index is 1.98. The number of amides is 1. The molecule has 0 radical (unpaired) electrons. The van der Waals surface area contributed by atoms with Gasteiger partial charge in [0.2, 0.25) is 5.91 Å². The molecule has 0 aliphatic carbocycles. The molecule has 2 fully saturated rings. The van der Waals surface area contributed by atoms with Gasteiger partial charge < -0.3 is 4.90 Å². The Labute approximate surface area is 140 Å². The molecule has 0 aromatic heterocycles. The standard InChI is InChI=1S/C15H30N4O3S/c1-5-16(4)23(21,22)18-11-9-17(10-12-18)14-7-6-8-19(13(2)3)15(14)20/h13-14H,5-12H2,1-4H3/t14-/m0/s1. The molecule has 0 aromatic carbocycles. The van der Waals surface area contributed by atoms with Gasteiger partial charge in [-0.15, -0.1) is 0 Å². The van der Waals surface area contributed by atoms with Gasteiger partial charge in [0.25, 0.3) is 10.2 Å². The third kappa shape index (κ3) is 3.87. The van der Waals surface area contributed by atoms with Crippen LogP contribution in [0.15, 0.2) is 0 Å². The Kier molecular flexibility index (Phi) is 6.05. The first-order valence-electron chi connectivity index (χ1n) is 8.55. The quantitative estimate of drug-likeness (QED) is 0.713. The molecule has 0 bridgehead atoms. The Morgan fingerprint density at radius 3 is 2.30 bits per heavy atom. The molecular formula is C15H30N4O3S. The minimum absolute atomic E-state index is 0.0834. The maximum absolute atomic E-state index is 12.6. The molecule has 1 amide bonds. The van der Waals surface area contributed by atoms with Crippen LogP contribution in [0.2, 0.25) is 0 Å². The van der Waals surface area contributed by atoms with E-state index in [0.717, 1.165) is 19.4 Å². The van der Waals surface area contributed by atoms with Crippen molar-refractivity contribution in [3.63, 3.8) is 0 Å². The van der Waals surface area contributed by atoms with Gasteiger partial charge in [-0.25, -0.2) is 0 Å². The van der Waals surface area contributed by atoms with E-state index >= 15 is 0 Å². The van der Waals surface area contributed by atoms with Crippen molar-refractivity contribution in [2.24, 2.45) is 0 Å². The van der Waals surface area contributed by atoms with E-state index in [-0.39, 0.29) is 18.0 Å². The van der Waals surface area contributed by atoms with Crippen LogP contribution in [0.4, 0.5) is 0 Å². The molecule has 2 saturated heterocycles. The second-order valence-electron chi connectivity index (χ2n) is 6.64. The topological polar surface area (TPSA) is 64.2 Å². The molecule has 134 valence electrons. The second kappa shape index (κ2) is 7.46. The van der Waals surface area contributed by atoms with Crippen molar-refractivity contribution in [2.45, 2.75) is 45.7 Å². The van der Waals surface area contributed by atoms with E-state index in [9.17, 15) is 13.2 Å². The number of rotatable bonds is 5. The lowest BCUT2D eigenvalue weighted by molar-refractivity contribution is -0.142. The molecule has 2 aliphatic heterocycles. The highest BCUT2D eigenvalue weighted by Crippen LogP contribution is 2.21. The molecule has 1 atom stereocenters. The van der Waals surface area contributed by atoms with Crippen LogP contribution >= 0.6 is 0 Å². The van der Waals surface area contributed by atoms with Crippen molar-refractivity contribution >= 4 is 16.1 Å². The summed E-state index contributed by atoms with van der Waals surface area (Å²) in [5.74, 6) is 0.202. The zero-order chi connectivity index (χ0) is 17.2. The molecule has 2 heterocycles. The zero-order valence-electron chi connectivity index (χ0n) is 14.7. The van der Waals surface area contributed by atoms with Crippen molar-refractivity contribution in [1.82, 2.24) is 18.4 Å². The van der Waals surface area contributed by atoms with Crippen molar-refractivity contribution in [2.75, 3.05) is 46.3 Å². The van der Waals surface area contributed by atoms with Gasteiger partial charge in [0.1, 0.15) is 0 Å². The van der Waals surface area contributed by atoms with Crippen LogP contribution in [0.5, 0.6) is 0 Å². The predicted octanol–water partition coefficient (Wildman–Crippen LogP) is 0.200. The highest BCUT2D eigenvalue weighted by Gasteiger charge is 2.37. The van der Waals surface area contributed by atoms with Crippen LogP contribution in [0.25, 0.3) is 0 Å². The summed E-state index contributed by atoms with van der Waals surface area (Å²) < 4.78 is 27.6. The van der Waals surface area contributed by atoms with Gasteiger partial charge in [-0.1, -0.05) is 6.92 Å². The number of hydrogen-bond acceptors (Lipinski definition) is 4. The zero-order valence-corrected chi connectivity index (χ0v) is 15.5. The molecule has 0 spiro atoms. The minimum Gasteiger partial charge on any atom is -0.339 e. The Bertz CT molecular complexity index is 515. The van der Waals surface area contributed by atoms with Gasteiger partial charge in [-0.2, -0.15) is 17.0 Å². The van der Waals surface area contributed by atoms with Crippen molar-refractivity contribution in [3.05, 3.63) is 0 Å². The van der Waals surface area contributed by atoms with E-state index in [1.54, 1.807) is 7.05 Å². The van der Waals surface area contributed by atoms with E-state index in [1.165, 1.54) is 8.61 Å². The Hall–Kier alpha value is -0.700. The number of piperazine rings is 1. The summed E-state index contributed by atoms with van der Waals surface area (Å²) in [6.07, 6.45) is 1.90. The van der Waals surface area contributed by atoms with Gasteiger partial charge >= 0.3 is 0 Å². The molecule has 0 N–H and O–H groups in total. The number of carbonyl (C=O) groups is 1. The van der Waals surface area contributed by atoms with Crippen molar-refractivity contribution in [1.29, 1.82) is 0 Å². The summed E-state index contributed by atoms with van der Waals surface area (Å²) in [6, 6.07) is 0.144. The SMILES string of the molecule is CCN(C)S(=O)(=O)N1CCN([C@H]2CCCN(C(C)C)C2=O)CC1. The third-order valence-electron chi connectivity index (χ3n) is 4.95. The Morgan fingerprint density at radius 1 is 1.17 bits per heavy atom.